The molecule has 0 aromatic heterocycles. The zero-order chi connectivity index (χ0) is 18.5. The first-order chi connectivity index (χ1) is 12.6. The van der Waals surface area contributed by atoms with E-state index in [0.717, 1.165) is 19.3 Å². The molecule has 0 unspecified atom stereocenters. The number of rotatable bonds is 3. The summed E-state index contributed by atoms with van der Waals surface area (Å²) < 4.78 is 10.7. The fraction of sp³-hybridized carbons (Fsp3) is 0.556. The summed E-state index contributed by atoms with van der Waals surface area (Å²) in [5.41, 5.74) is 0.507. The Balaban J connectivity index is 1.58. The van der Waals surface area contributed by atoms with Gasteiger partial charge in [0.25, 0.3) is 5.91 Å². The molecule has 2 saturated heterocycles. The first kappa shape index (κ1) is 18.8. The lowest BCUT2D eigenvalue weighted by molar-refractivity contribution is -0.140. The maximum Gasteiger partial charge on any atom is 0.321 e. The van der Waals surface area contributed by atoms with Crippen molar-refractivity contribution < 1.29 is 19.1 Å². The summed E-state index contributed by atoms with van der Waals surface area (Å²) in [4.78, 5) is 28.6. The SMILES string of the molecule is COc1cccc(NC(=O)N2CCCN(C(=O)[C@H]3CCCO3)CC2)c1Cl. The molecule has 2 fully saturated rings. The van der Waals surface area contributed by atoms with Gasteiger partial charge in [0.1, 0.15) is 16.9 Å². The van der Waals surface area contributed by atoms with Gasteiger partial charge in [-0.2, -0.15) is 0 Å². The number of halogens is 1. The van der Waals surface area contributed by atoms with Crippen molar-refractivity contribution in [3.63, 3.8) is 0 Å². The van der Waals surface area contributed by atoms with E-state index in [1.165, 1.54) is 7.11 Å². The van der Waals surface area contributed by atoms with Crippen LogP contribution in [0.1, 0.15) is 19.3 Å². The lowest BCUT2D eigenvalue weighted by Gasteiger charge is -2.24. The molecular formula is C18H24ClN3O4. The van der Waals surface area contributed by atoms with E-state index in [0.29, 0.717) is 49.2 Å². The predicted octanol–water partition coefficient (Wildman–Crippen LogP) is 2.59. The summed E-state index contributed by atoms with van der Waals surface area (Å²) in [6.45, 7) is 2.87. The average Bonchev–Trinajstić information content (AvgIpc) is 3.07. The Morgan fingerprint density at radius 2 is 1.96 bits per heavy atom. The van der Waals surface area contributed by atoms with Crippen molar-refractivity contribution in [2.75, 3.05) is 45.2 Å². The molecule has 1 aromatic carbocycles. The molecule has 1 N–H and O–H groups in total. The summed E-state index contributed by atoms with van der Waals surface area (Å²) in [5.74, 6) is 0.550. The summed E-state index contributed by atoms with van der Waals surface area (Å²) in [5, 5.41) is 3.20. The molecule has 2 aliphatic rings. The summed E-state index contributed by atoms with van der Waals surface area (Å²) in [7, 11) is 1.53. The third-order valence-corrected chi connectivity index (χ3v) is 5.11. The van der Waals surface area contributed by atoms with Crippen LogP contribution in [0.25, 0.3) is 0 Å². The average molecular weight is 382 g/mol. The Kier molecular flexibility index (Phi) is 6.21. The Bertz CT molecular complexity index is 664. The Hall–Kier alpha value is -1.99. The third kappa shape index (κ3) is 4.22. The molecule has 3 amide bonds. The topological polar surface area (TPSA) is 71.1 Å². The predicted molar refractivity (Wildman–Crippen MR) is 98.8 cm³/mol. The Morgan fingerprint density at radius 3 is 2.69 bits per heavy atom. The van der Waals surface area contributed by atoms with Crippen LogP contribution in [0, 0.1) is 0 Å². The van der Waals surface area contributed by atoms with E-state index < -0.39 is 0 Å². The van der Waals surface area contributed by atoms with Gasteiger partial charge in [-0.05, 0) is 31.4 Å². The molecular weight excluding hydrogens is 358 g/mol. The first-order valence-electron chi connectivity index (χ1n) is 8.89. The molecule has 0 bridgehead atoms. The minimum absolute atomic E-state index is 0.0422. The van der Waals surface area contributed by atoms with Gasteiger partial charge in [-0.25, -0.2) is 4.79 Å². The van der Waals surface area contributed by atoms with Crippen molar-refractivity contribution in [1.82, 2.24) is 9.80 Å². The lowest BCUT2D eigenvalue weighted by Crippen LogP contribution is -2.42. The van der Waals surface area contributed by atoms with Crippen LogP contribution in [0.4, 0.5) is 10.5 Å². The van der Waals surface area contributed by atoms with Crippen molar-refractivity contribution in [3.8, 4) is 5.75 Å². The quantitative estimate of drug-likeness (QED) is 0.873. The van der Waals surface area contributed by atoms with Crippen LogP contribution in [0.2, 0.25) is 5.02 Å². The fourth-order valence-corrected chi connectivity index (χ4v) is 3.53. The summed E-state index contributed by atoms with van der Waals surface area (Å²) in [6.07, 6.45) is 2.14. The van der Waals surface area contributed by atoms with E-state index in [1.807, 2.05) is 4.90 Å². The number of hydrogen-bond donors (Lipinski definition) is 1. The molecule has 2 aliphatic heterocycles. The highest BCUT2D eigenvalue weighted by Crippen LogP contribution is 2.31. The molecule has 2 heterocycles. The number of ether oxygens (including phenoxy) is 2. The zero-order valence-corrected chi connectivity index (χ0v) is 15.6. The van der Waals surface area contributed by atoms with Gasteiger partial charge in [0, 0.05) is 32.8 Å². The van der Waals surface area contributed by atoms with E-state index in [1.54, 1.807) is 23.1 Å². The van der Waals surface area contributed by atoms with Gasteiger partial charge in [0.05, 0.1) is 12.8 Å². The number of nitrogens with zero attached hydrogens (tertiary/aromatic N) is 2. The van der Waals surface area contributed by atoms with Crippen LogP contribution in [-0.4, -0.2) is 67.7 Å². The Morgan fingerprint density at radius 1 is 1.19 bits per heavy atom. The van der Waals surface area contributed by atoms with Gasteiger partial charge in [-0.1, -0.05) is 17.7 Å². The van der Waals surface area contributed by atoms with Crippen LogP contribution in [0.3, 0.4) is 0 Å². The van der Waals surface area contributed by atoms with Crippen LogP contribution in [0.15, 0.2) is 18.2 Å². The number of benzene rings is 1. The number of anilines is 1. The Labute approximate surface area is 158 Å². The highest BCUT2D eigenvalue weighted by atomic mass is 35.5. The van der Waals surface area contributed by atoms with Gasteiger partial charge in [0.15, 0.2) is 0 Å². The second-order valence-electron chi connectivity index (χ2n) is 6.42. The number of hydrogen-bond acceptors (Lipinski definition) is 4. The number of nitrogens with one attached hydrogen (secondary N) is 1. The molecule has 142 valence electrons. The number of carbonyl (C=O) groups excluding carboxylic acids is 2. The third-order valence-electron chi connectivity index (χ3n) is 4.72. The van der Waals surface area contributed by atoms with Crippen LogP contribution >= 0.6 is 11.6 Å². The van der Waals surface area contributed by atoms with Crippen molar-refractivity contribution in [1.29, 1.82) is 0 Å². The molecule has 8 heteroatoms. The molecule has 0 saturated carbocycles. The molecule has 0 spiro atoms. The summed E-state index contributed by atoms with van der Waals surface area (Å²) in [6, 6.07) is 5.00. The summed E-state index contributed by atoms with van der Waals surface area (Å²) >= 11 is 6.24. The van der Waals surface area contributed by atoms with E-state index in [2.05, 4.69) is 5.32 Å². The molecule has 3 rings (SSSR count). The molecule has 7 nitrogen and oxygen atoms in total. The number of methoxy groups -OCH3 is 1. The fourth-order valence-electron chi connectivity index (χ4n) is 3.28. The lowest BCUT2D eigenvalue weighted by atomic mass is 10.2. The highest BCUT2D eigenvalue weighted by molar-refractivity contribution is 6.35. The van der Waals surface area contributed by atoms with Gasteiger partial charge in [-0.15, -0.1) is 0 Å². The number of amides is 3. The van der Waals surface area contributed by atoms with Crippen molar-refractivity contribution >= 4 is 29.2 Å². The van der Waals surface area contributed by atoms with E-state index in [-0.39, 0.29) is 18.0 Å². The standard InChI is InChI=1S/C18H24ClN3O4/c1-25-14-6-2-5-13(16(14)19)20-18(24)22-9-4-8-21(10-11-22)17(23)15-7-3-12-26-15/h2,5-6,15H,3-4,7-12H2,1H3,(H,20,24)/t15-/m1/s1. The number of urea groups is 1. The monoisotopic (exact) mass is 381 g/mol. The van der Waals surface area contributed by atoms with E-state index in [9.17, 15) is 9.59 Å². The zero-order valence-electron chi connectivity index (χ0n) is 14.9. The normalized spacial score (nSPS) is 20.6. The number of carbonyl (C=O) groups is 2. The maximum atomic E-state index is 12.6. The molecule has 0 radical (unpaired) electrons. The van der Waals surface area contributed by atoms with E-state index in [4.69, 9.17) is 21.1 Å². The van der Waals surface area contributed by atoms with Crippen molar-refractivity contribution in [2.45, 2.75) is 25.4 Å². The molecule has 26 heavy (non-hydrogen) atoms. The van der Waals surface area contributed by atoms with Gasteiger partial charge < -0.3 is 24.6 Å². The van der Waals surface area contributed by atoms with Crippen LogP contribution in [-0.2, 0) is 9.53 Å². The van der Waals surface area contributed by atoms with Crippen molar-refractivity contribution in [3.05, 3.63) is 23.2 Å². The van der Waals surface area contributed by atoms with Crippen LogP contribution < -0.4 is 10.1 Å². The first-order valence-corrected chi connectivity index (χ1v) is 9.27. The van der Waals surface area contributed by atoms with Crippen LogP contribution in [0.5, 0.6) is 5.75 Å². The van der Waals surface area contributed by atoms with Crippen molar-refractivity contribution in [2.24, 2.45) is 0 Å². The van der Waals surface area contributed by atoms with Gasteiger partial charge in [0.2, 0.25) is 0 Å². The van der Waals surface area contributed by atoms with Gasteiger partial charge >= 0.3 is 6.03 Å². The smallest absolute Gasteiger partial charge is 0.321 e. The second kappa shape index (κ2) is 8.60. The largest absolute Gasteiger partial charge is 0.495 e. The highest BCUT2D eigenvalue weighted by Gasteiger charge is 2.30. The molecule has 0 aliphatic carbocycles. The maximum absolute atomic E-state index is 12.6. The second-order valence-corrected chi connectivity index (χ2v) is 6.80. The minimum Gasteiger partial charge on any atom is -0.495 e. The minimum atomic E-state index is -0.314. The molecule has 1 aromatic rings. The van der Waals surface area contributed by atoms with E-state index >= 15 is 0 Å². The molecule has 1 atom stereocenters. The van der Waals surface area contributed by atoms with Gasteiger partial charge in [-0.3, -0.25) is 4.79 Å².